The molecule has 4 nitrogen and oxygen atoms in total. The molecule has 0 spiro atoms. The van der Waals surface area contributed by atoms with Gasteiger partial charge in [0.05, 0.1) is 6.54 Å². The Morgan fingerprint density at radius 1 is 1.46 bits per heavy atom. The first-order valence-corrected chi connectivity index (χ1v) is 4.84. The van der Waals surface area contributed by atoms with Crippen LogP contribution in [0.5, 0.6) is 0 Å². The molecule has 0 saturated heterocycles. The molecule has 0 fully saturated rings. The van der Waals surface area contributed by atoms with Crippen LogP contribution in [0.4, 0.5) is 0 Å². The second kappa shape index (κ2) is 3.10. The van der Waals surface area contributed by atoms with Gasteiger partial charge in [0, 0.05) is 18.5 Å². The van der Waals surface area contributed by atoms with E-state index in [1.807, 2.05) is 0 Å². The lowest BCUT2D eigenvalue weighted by Crippen LogP contribution is -2.32. The molecular weight excluding hydrogens is 164 g/mol. The second-order valence-corrected chi connectivity index (χ2v) is 3.98. The van der Waals surface area contributed by atoms with Crippen LogP contribution in [0.2, 0.25) is 0 Å². The summed E-state index contributed by atoms with van der Waals surface area (Å²) in [6.07, 6.45) is 0. The van der Waals surface area contributed by atoms with E-state index in [0.29, 0.717) is 12.0 Å². The third-order valence-electron chi connectivity index (χ3n) is 2.47. The molecule has 0 aliphatic carbocycles. The van der Waals surface area contributed by atoms with Crippen LogP contribution in [0.1, 0.15) is 44.4 Å². The zero-order chi connectivity index (χ0) is 9.42. The van der Waals surface area contributed by atoms with Gasteiger partial charge in [-0.25, -0.2) is 0 Å². The molecule has 1 atom stereocenters. The van der Waals surface area contributed by atoms with Crippen molar-refractivity contribution in [2.45, 2.75) is 39.3 Å². The third kappa shape index (κ3) is 1.35. The number of aromatic nitrogens is 3. The van der Waals surface area contributed by atoms with E-state index < -0.39 is 0 Å². The molecule has 4 heteroatoms. The summed E-state index contributed by atoms with van der Waals surface area (Å²) in [5.74, 6) is 2.65. The van der Waals surface area contributed by atoms with E-state index in [1.54, 1.807) is 0 Å². The molecule has 2 heterocycles. The molecule has 1 aromatic rings. The van der Waals surface area contributed by atoms with Crippen LogP contribution < -0.4 is 5.32 Å². The molecule has 0 unspecified atom stereocenters. The Morgan fingerprint density at radius 3 is 2.92 bits per heavy atom. The van der Waals surface area contributed by atoms with Gasteiger partial charge in [-0.3, -0.25) is 0 Å². The molecule has 1 aromatic heterocycles. The Kier molecular flexibility index (Phi) is 2.07. The molecule has 13 heavy (non-hydrogen) atoms. The molecule has 0 radical (unpaired) electrons. The largest absolute Gasteiger partial charge is 0.310 e. The SMILES string of the molecule is CC(C)c1nnc2n1[C@@H](C)CNC2. The lowest BCUT2D eigenvalue weighted by molar-refractivity contribution is 0.406. The molecule has 1 aliphatic rings. The van der Waals surface area contributed by atoms with Crippen LogP contribution in [-0.4, -0.2) is 21.3 Å². The Balaban J connectivity index is 2.44. The zero-order valence-electron chi connectivity index (χ0n) is 8.41. The van der Waals surface area contributed by atoms with Crippen LogP contribution in [0.3, 0.4) is 0 Å². The van der Waals surface area contributed by atoms with Gasteiger partial charge in [-0.1, -0.05) is 13.8 Å². The van der Waals surface area contributed by atoms with Crippen molar-refractivity contribution in [2.24, 2.45) is 0 Å². The summed E-state index contributed by atoms with van der Waals surface area (Å²) in [5.41, 5.74) is 0. The van der Waals surface area contributed by atoms with Gasteiger partial charge in [0.25, 0.3) is 0 Å². The van der Waals surface area contributed by atoms with E-state index in [0.717, 1.165) is 24.7 Å². The van der Waals surface area contributed by atoms with E-state index in [4.69, 9.17) is 0 Å². The van der Waals surface area contributed by atoms with Crippen LogP contribution in [0.15, 0.2) is 0 Å². The highest BCUT2D eigenvalue weighted by Crippen LogP contribution is 2.20. The van der Waals surface area contributed by atoms with E-state index in [2.05, 4.69) is 40.9 Å². The first-order chi connectivity index (χ1) is 6.20. The van der Waals surface area contributed by atoms with Crippen LogP contribution in [0, 0.1) is 0 Å². The van der Waals surface area contributed by atoms with Crippen molar-refractivity contribution >= 4 is 0 Å². The molecule has 0 aromatic carbocycles. The summed E-state index contributed by atoms with van der Waals surface area (Å²) < 4.78 is 2.27. The lowest BCUT2D eigenvalue weighted by Gasteiger charge is -2.24. The fourth-order valence-corrected chi connectivity index (χ4v) is 1.82. The third-order valence-corrected chi connectivity index (χ3v) is 2.47. The van der Waals surface area contributed by atoms with E-state index in [-0.39, 0.29) is 0 Å². The topological polar surface area (TPSA) is 42.7 Å². The average Bonchev–Trinajstić information content (AvgIpc) is 2.49. The minimum Gasteiger partial charge on any atom is -0.310 e. The number of rotatable bonds is 1. The zero-order valence-corrected chi connectivity index (χ0v) is 8.41. The smallest absolute Gasteiger partial charge is 0.147 e. The number of nitrogens with zero attached hydrogens (tertiary/aromatic N) is 3. The predicted molar refractivity (Wildman–Crippen MR) is 50.5 cm³/mol. The summed E-state index contributed by atoms with van der Waals surface area (Å²) >= 11 is 0. The van der Waals surface area contributed by atoms with Gasteiger partial charge in [-0.15, -0.1) is 10.2 Å². The lowest BCUT2D eigenvalue weighted by atomic mass is 10.2. The van der Waals surface area contributed by atoms with Crippen molar-refractivity contribution in [3.05, 3.63) is 11.6 Å². The van der Waals surface area contributed by atoms with Gasteiger partial charge in [0.15, 0.2) is 0 Å². The first-order valence-electron chi connectivity index (χ1n) is 4.84. The number of fused-ring (bicyclic) bond motifs is 1. The van der Waals surface area contributed by atoms with Gasteiger partial charge in [0.1, 0.15) is 11.6 Å². The monoisotopic (exact) mass is 180 g/mol. The van der Waals surface area contributed by atoms with Crippen molar-refractivity contribution < 1.29 is 0 Å². The van der Waals surface area contributed by atoms with E-state index in [9.17, 15) is 0 Å². The van der Waals surface area contributed by atoms with Gasteiger partial charge >= 0.3 is 0 Å². The molecule has 0 amide bonds. The fraction of sp³-hybridized carbons (Fsp3) is 0.778. The summed E-state index contributed by atoms with van der Waals surface area (Å²) in [4.78, 5) is 0. The molecular formula is C9H16N4. The maximum Gasteiger partial charge on any atom is 0.147 e. The Hall–Kier alpha value is -0.900. The molecule has 0 bridgehead atoms. The highest BCUT2D eigenvalue weighted by Gasteiger charge is 2.22. The minimum atomic E-state index is 0.460. The molecule has 1 aliphatic heterocycles. The summed E-state index contributed by atoms with van der Waals surface area (Å²) in [6.45, 7) is 8.39. The molecule has 72 valence electrons. The van der Waals surface area contributed by atoms with E-state index in [1.165, 1.54) is 0 Å². The fourth-order valence-electron chi connectivity index (χ4n) is 1.82. The molecule has 2 rings (SSSR count). The molecule has 1 N–H and O–H groups in total. The second-order valence-electron chi connectivity index (χ2n) is 3.98. The highest BCUT2D eigenvalue weighted by atomic mass is 15.3. The minimum absolute atomic E-state index is 0.460. The van der Waals surface area contributed by atoms with Gasteiger partial charge < -0.3 is 9.88 Å². The van der Waals surface area contributed by atoms with Gasteiger partial charge in [0.2, 0.25) is 0 Å². The molecule has 0 saturated carbocycles. The number of nitrogens with one attached hydrogen (secondary N) is 1. The Morgan fingerprint density at radius 2 is 2.23 bits per heavy atom. The maximum atomic E-state index is 4.22. The summed E-state index contributed by atoms with van der Waals surface area (Å²) in [6, 6.07) is 0.483. The van der Waals surface area contributed by atoms with E-state index >= 15 is 0 Å². The quantitative estimate of drug-likeness (QED) is 0.703. The summed E-state index contributed by atoms with van der Waals surface area (Å²) in [7, 11) is 0. The van der Waals surface area contributed by atoms with Gasteiger partial charge in [-0.05, 0) is 6.92 Å². The standard InChI is InChI=1S/C9H16N4/c1-6(2)9-12-11-8-5-10-4-7(3)13(8)9/h6-7,10H,4-5H2,1-3H3/t7-/m0/s1. The predicted octanol–water partition coefficient (Wildman–Crippen LogP) is 1.07. The van der Waals surface area contributed by atoms with Crippen LogP contribution in [0.25, 0.3) is 0 Å². The normalized spacial score (nSPS) is 22.0. The van der Waals surface area contributed by atoms with Crippen LogP contribution in [-0.2, 0) is 6.54 Å². The maximum absolute atomic E-state index is 4.22. The Bertz CT molecular complexity index is 303. The van der Waals surface area contributed by atoms with Crippen molar-refractivity contribution in [1.29, 1.82) is 0 Å². The highest BCUT2D eigenvalue weighted by molar-refractivity contribution is 5.04. The average molecular weight is 180 g/mol. The van der Waals surface area contributed by atoms with Crippen molar-refractivity contribution in [3.8, 4) is 0 Å². The number of hydrogen-bond donors (Lipinski definition) is 1. The summed E-state index contributed by atoms with van der Waals surface area (Å²) in [5, 5.41) is 11.7. The Labute approximate surface area is 78.4 Å². The van der Waals surface area contributed by atoms with Crippen molar-refractivity contribution in [1.82, 2.24) is 20.1 Å². The van der Waals surface area contributed by atoms with Gasteiger partial charge in [-0.2, -0.15) is 0 Å². The van der Waals surface area contributed by atoms with Crippen molar-refractivity contribution in [2.75, 3.05) is 6.54 Å². The van der Waals surface area contributed by atoms with Crippen LogP contribution >= 0.6 is 0 Å². The van der Waals surface area contributed by atoms with Crippen molar-refractivity contribution in [3.63, 3.8) is 0 Å². The first kappa shape index (κ1) is 8.69. The number of hydrogen-bond acceptors (Lipinski definition) is 3.